The van der Waals surface area contributed by atoms with Crippen molar-refractivity contribution in [3.63, 3.8) is 0 Å². The van der Waals surface area contributed by atoms with Crippen LogP contribution < -0.4 is 10.6 Å². The van der Waals surface area contributed by atoms with Gasteiger partial charge in [0.15, 0.2) is 11.6 Å². The molecule has 0 spiro atoms. The zero-order chi connectivity index (χ0) is 25.1. The summed E-state index contributed by atoms with van der Waals surface area (Å²) in [5.41, 5.74) is 0.882. The summed E-state index contributed by atoms with van der Waals surface area (Å²) in [6, 6.07) is 2.30. The van der Waals surface area contributed by atoms with Crippen LogP contribution in [0.3, 0.4) is 0 Å². The van der Waals surface area contributed by atoms with Crippen molar-refractivity contribution in [3.05, 3.63) is 36.6 Å². The van der Waals surface area contributed by atoms with E-state index in [9.17, 15) is 9.90 Å². The van der Waals surface area contributed by atoms with E-state index in [-0.39, 0.29) is 5.92 Å². The Hall–Kier alpha value is -2.71. The van der Waals surface area contributed by atoms with Crippen molar-refractivity contribution < 1.29 is 9.90 Å². The molecule has 0 aromatic carbocycles. The van der Waals surface area contributed by atoms with E-state index in [4.69, 9.17) is 0 Å². The topological polar surface area (TPSA) is 106 Å². The van der Waals surface area contributed by atoms with Crippen molar-refractivity contribution in [1.29, 1.82) is 0 Å². The van der Waals surface area contributed by atoms with E-state index in [1.807, 2.05) is 12.3 Å². The summed E-state index contributed by atoms with van der Waals surface area (Å²) in [7, 11) is 0. The third kappa shape index (κ3) is 5.65. The maximum Gasteiger partial charge on any atom is 0.156 e. The Bertz CT molecular complexity index is 1100. The van der Waals surface area contributed by atoms with Crippen LogP contribution in [0.4, 0.5) is 11.6 Å². The van der Waals surface area contributed by atoms with Crippen LogP contribution in [0.15, 0.2) is 36.6 Å². The largest absolute Gasteiger partial charge is 0.390 e. The van der Waals surface area contributed by atoms with E-state index in [1.165, 1.54) is 0 Å². The molecule has 4 atom stereocenters. The second-order valence-electron chi connectivity index (χ2n) is 11.0. The number of likely N-dealkylation sites (tertiary alicyclic amines) is 1. The number of H-pyrrole nitrogens is 1. The number of hydrogen-bond acceptors (Lipinski definition) is 7. The molecule has 0 bridgehead atoms. The second kappa shape index (κ2) is 11.1. The maximum absolute atomic E-state index is 11.7. The third-order valence-electron chi connectivity index (χ3n) is 8.55. The number of rotatable bonds is 9. The fraction of sp³-hybridized carbons (Fsp3) is 0.607. The Morgan fingerprint density at radius 1 is 1.17 bits per heavy atom. The minimum atomic E-state index is -0.469. The van der Waals surface area contributed by atoms with Gasteiger partial charge in [0.2, 0.25) is 0 Å². The molecule has 8 nitrogen and oxygen atoms in total. The normalized spacial score (nSPS) is 28.0. The van der Waals surface area contributed by atoms with Gasteiger partial charge in [-0.15, -0.1) is 0 Å². The number of nitrogens with zero attached hydrogens (tertiary/aromatic N) is 3. The van der Waals surface area contributed by atoms with Crippen LogP contribution in [-0.4, -0.2) is 69.3 Å². The first kappa shape index (κ1) is 25.0. The van der Waals surface area contributed by atoms with Crippen molar-refractivity contribution in [2.24, 2.45) is 23.7 Å². The first-order valence-corrected chi connectivity index (χ1v) is 13.6. The smallest absolute Gasteiger partial charge is 0.156 e. The van der Waals surface area contributed by atoms with Gasteiger partial charge < -0.3 is 20.6 Å². The summed E-state index contributed by atoms with van der Waals surface area (Å²) in [5, 5.41) is 26.3. The molecule has 2 aliphatic carbocycles. The highest BCUT2D eigenvalue weighted by Gasteiger charge is 2.29. The molecule has 194 valence electrons. The van der Waals surface area contributed by atoms with Crippen LogP contribution in [0.1, 0.15) is 46.0 Å². The lowest BCUT2D eigenvalue weighted by Crippen LogP contribution is -2.44. The highest BCUT2D eigenvalue weighted by atomic mass is 16.3. The highest BCUT2D eigenvalue weighted by molar-refractivity contribution is 5.96. The van der Waals surface area contributed by atoms with Gasteiger partial charge >= 0.3 is 0 Å². The first-order chi connectivity index (χ1) is 17.5. The van der Waals surface area contributed by atoms with E-state index in [1.54, 1.807) is 6.92 Å². The molecule has 8 heteroatoms. The zero-order valence-corrected chi connectivity index (χ0v) is 21.5. The fourth-order valence-corrected chi connectivity index (χ4v) is 6.15. The Kier molecular flexibility index (Phi) is 7.72. The predicted molar refractivity (Wildman–Crippen MR) is 144 cm³/mol. The number of aliphatic hydroxyl groups excluding tert-OH is 1. The lowest BCUT2D eigenvalue weighted by atomic mass is 9.77. The van der Waals surface area contributed by atoms with Crippen molar-refractivity contribution in [2.75, 3.05) is 36.8 Å². The molecular weight excluding hydrogens is 452 g/mol. The van der Waals surface area contributed by atoms with Gasteiger partial charge in [-0.05, 0) is 69.4 Å². The molecule has 3 heterocycles. The van der Waals surface area contributed by atoms with Gasteiger partial charge in [0.1, 0.15) is 11.3 Å². The van der Waals surface area contributed by atoms with E-state index >= 15 is 0 Å². The number of aliphatic hydroxyl groups is 1. The van der Waals surface area contributed by atoms with E-state index in [0.717, 1.165) is 67.7 Å². The van der Waals surface area contributed by atoms with Gasteiger partial charge in [0.25, 0.3) is 0 Å². The number of aromatic amines is 1. The van der Waals surface area contributed by atoms with Crippen LogP contribution in [0, 0.1) is 23.7 Å². The molecular formula is C28H40N6O2. The van der Waals surface area contributed by atoms with E-state index in [2.05, 4.69) is 61.9 Å². The Morgan fingerprint density at radius 2 is 1.94 bits per heavy atom. The Labute approximate surface area is 213 Å². The average Bonchev–Trinajstić information content (AvgIpc) is 3.31. The van der Waals surface area contributed by atoms with Crippen LogP contribution in [0.2, 0.25) is 0 Å². The van der Waals surface area contributed by atoms with Gasteiger partial charge in [-0.2, -0.15) is 5.10 Å². The zero-order valence-electron chi connectivity index (χ0n) is 21.5. The molecule has 5 rings (SSSR count). The summed E-state index contributed by atoms with van der Waals surface area (Å²) in [5.74, 6) is 3.70. The van der Waals surface area contributed by atoms with E-state index < -0.39 is 6.10 Å². The molecule has 1 aliphatic heterocycles. The van der Waals surface area contributed by atoms with Gasteiger partial charge in [0, 0.05) is 43.2 Å². The predicted octanol–water partition coefficient (Wildman–Crippen LogP) is 3.99. The lowest BCUT2D eigenvalue weighted by molar-refractivity contribution is -0.122. The standard InChI is InChI=1S/C28H40N6O2/c1-18(19(2)35)20-7-9-23(10-8-20)31-28-26-25(11-13-29-28)27(33-32-26)30-15-24(36)17-34-14-12-21-5-3-4-6-22(21)16-34/h3-6,11,13,18,20-24,36H,7-10,12,14-17H2,1-2H3,(H,29,31)(H2,30,32,33)/t18-,20?,21?,22?,23?,24+/m1/s1. The van der Waals surface area contributed by atoms with E-state index in [0.29, 0.717) is 42.7 Å². The second-order valence-corrected chi connectivity index (χ2v) is 11.0. The van der Waals surface area contributed by atoms with Crippen LogP contribution in [0.5, 0.6) is 0 Å². The quantitative estimate of drug-likeness (QED) is 0.419. The van der Waals surface area contributed by atoms with Gasteiger partial charge in [0.05, 0.1) is 6.10 Å². The molecule has 2 unspecified atom stereocenters. The molecule has 0 amide bonds. The summed E-state index contributed by atoms with van der Waals surface area (Å²) in [4.78, 5) is 18.7. The number of allylic oxidation sites excluding steroid dienone is 3. The summed E-state index contributed by atoms with van der Waals surface area (Å²) >= 11 is 0. The third-order valence-corrected chi connectivity index (χ3v) is 8.55. The van der Waals surface area contributed by atoms with Gasteiger partial charge in [-0.3, -0.25) is 9.89 Å². The minimum Gasteiger partial charge on any atom is -0.390 e. The molecule has 1 saturated carbocycles. The number of carbonyl (C=O) groups excluding carboxylic acids is 1. The molecule has 2 aromatic heterocycles. The van der Waals surface area contributed by atoms with Crippen LogP contribution in [0.25, 0.3) is 10.9 Å². The minimum absolute atomic E-state index is 0.150. The number of ketones is 1. The molecule has 2 aromatic rings. The number of carbonyl (C=O) groups is 1. The SMILES string of the molecule is CC(=O)[C@@H](C)C1CCC(Nc2nccc3c(NC[C@H](O)CN4CCC5C=CC=CC5C4)n[nH]c23)CC1. The average molecular weight is 493 g/mol. The number of β-amino-alcohol motifs (C(OH)–C–C–N with tert-alkyl or cyclic N) is 1. The molecule has 4 N–H and O–H groups in total. The number of aromatic nitrogens is 3. The molecule has 2 fully saturated rings. The number of fused-ring (bicyclic) bond motifs is 2. The van der Waals surface area contributed by atoms with Gasteiger partial charge in [-0.25, -0.2) is 4.98 Å². The summed E-state index contributed by atoms with van der Waals surface area (Å²) < 4.78 is 0. The maximum atomic E-state index is 11.7. The molecule has 3 aliphatic rings. The number of nitrogens with one attached hydrogen (secondary N) is 3. The monoisotopic (exact) mass is 492 g/mol. The van der Waals surface area contributed by atoms with Gasteiger partial charge in [-0.1, -0.05) is 31.2 Å². The number of Topliss-reactive ketones (excluding diaryl/α,β-unsaturated/α-hetero) is 1. The highest BCUT2D eigenvalue weighted by Crippen LogP contribution is 2.33. The van der Waals surface area contributed by atoms with Crippen molar-refractivity contribution in [3.8, 4) is 0 Å². The Balaban J connectivity index is 1.13. The molecule has 1 saturated heterocycles. The summed E-state index contributed by atoms with van der Waals surface area (Å²) in [6.45, 7) is 6.91. The number of piperidine rings is 1. The fourth-order valence-electron chi connectivity index (χ4n) is 6.15. The lowest BCUT2D eigenvalue weighted by Gasteiger charge is -2.37. The molecule has 36 heavy (non-hydrogen) atoms. The van der Waals surface area contributed by atoms with Crippen LogP contribution in [-0.2, 0) is 4.79 Å². The first-order valence-electron chi connectivity index (χ1n) is 13.6. The molecule has 0 radical (unpaired) electrons. The van der Waals surface area contributed by atoms with Crippen molar-refractivity contribution in [1.82, 2.24) is 20.1 Å². The number of hydrogen-bond donors (Lipinski definition) is 4. The van der Waals surface area contributed by atoms with Crippen LogP contribution >= 0.6 is 0 Å². The number of anilines is 2. The summed E-state index contributed by atoms with van der Waals surface area (Å²) in [6.07, 6.45) is 15.6. The Morgan fingerprint density at radius 3 is 2.72 bits per heavy atom. The number of pyridine rings is 1. The van der Waals surface area contributed by atoms with Crippen molar-refractivity contribution in [2.45, 2.75) is 58.1 Å². The van der Waals surface area contributed by atoms with Crippen molar-refractivity contribution >= 4 is 28.3 Å².